The zero-order valence-electron chi connectivity index (χ0n) is 19.5. The number of para-hydroxylation sites is 1. The highest BCUT2D eigenvalue weighted by atomic mass is 16.5. The third-order valence-corrected chi connectivity index (χ3v) is 5.41. The maximum absolute atomic E-state index is 6.13. The summed E-state index contributed by atoms with van der Waals surface area (Å²) in [5, 5.41) is 0. The maximum Gasteiger partial charge on any atom is 0.124 e. The van der Waals surface area contributed by atoms with E-state index in [9.17, 15) is 0 Å². The van der Waals surface area contributed by atoms with Gasteiger partial charge in [-0.25, -0.2) is 0 Å². The predicted octanol–water partition coefficient (Wildman–Crippen LogP) is 7.72. The van der Waals surface area contributed by atoms with E-state index < -0.39 is 0 Å². The Morgan fingerprint density at radius 2 is 1.09 bits per heavy atom. The van der Waals surface area contributed by atoms with Crippen molar-refractivity contribution in [2.45, 2.75) is 26.6 Å². The van der Waals surface area contributed by atoms with Crippen molar-refractivity contribution in [3.8, 4) is 17.2 Å². The molecule has 0 saturated carbocycles. The van der Waals surface area contributed by atoms with E-state index in [1.54, 1.807) is 0 Å². The quantitative estimate of drug-likeness (QED) is 0.219. The first-order chi connectivity index (χ1) is 16.8. The van der Waals surface area contributed by atoms with Gasteiger partial charge in [-0.15, -0.1) is 0 Å². The largest absolute Gasteiger partial charge is 0.493 e. The van der Waals surface area contributed by atoms with E-state index in [4.69, 9.17) is 14.2 Å². The van der Waals surface area contributed by atoms with E-state index in [1.165, 1.54) is 0 Å². The lowest BCUT2D eigenvalue weighted by atomic mass is 10.1. The molecule has 34 heavy (non-hydrogen) atoms. The molecular formula is C31H30O3. The Hall–Kier alpha value is -3.98. The Bertz CT molecular complexity index is 1110. The number of rotatable bonds is 11. The van der Waals surface area contributed by atoms with Gasteiger partial charge in [0.1, 0.15) is 30.5 Å². The Morgan fingerprint density at radius 1 is 0.588 bits per heavy atom. The lowest BCUT2D eigenvalue weighted by Gasteiger charge is -2.13. The van der Waals surface area contributed by atoms with Gasteiger partial charge < -0.3 is 14.2 Å². The summed E-state index contributed by atoms with van der Waals surface area (Å²) in [6.07, 6.45) is 3.01. The fourth-order valence-electron chi connectivity index (χ4n) is 3.53. The van der Waals surface area contributed by atoms with E-state index in [0.29, 0.717) is 19.8 Å². The van der Waals surface area contributed by atoms with Crippen LogP contribution in [0.4, 0.5) is 0 Å². The highest BCUT2D eigenvalue weighted by Crippen LogP contribution is 2.29. The molecular weight excluding hydrogens is 420 g/mol. The molecule has 0 spiro atoms. The second-order valence-electron chi connectivity index (χ2n) is 8.08. The molecule has 0 fully saturated rings. The fourth-order valence-corrected chi connectivity index (χ4v) is 3.53. The minimum absolute atomic E-state index is 0.510. The molecule has 0 amide bonds. The molecule has 4 rings (SSSR count). The number of hydrogen-bond acceptors (Lipinski definition) is 3. The molecule has 3 heteroatoms. The third-order valence-electron chi connectivity index (χ3n) is 5.41. The van der Waals surface area contributed by atoms with Crippen LogP contribution in [-0.4, -0.2) is 6.61 Å². The van der Waals surface area contributed by atoms with Crippen LogP contribution in [0.3, 0.4) is 0 Å². The molecule has 0 atom stereocenters. The minimum Gasteiger partial charge on any atom is -0.493 e. The summed E-state index contributed by atoms with van der Waals surface area (Å²) in [6.45, 7) is 3.76. The van der Waals surface area contributed by atoms with Crippen molar-refractivity contribution in [3.63, 3.8) is 0 Å². The maximum atomic E-state index is 6.13. The minimum atomic E-state index is 0.510. The summed E-state index contributed by atoms with van der Waals surface area (Å²) in [6, 6.07) is 36.4. The molecule has 4 aromatic rings. The summed E-state index contributed by atoms with van der Waals surface area (Å²) >= 11 is 0. The van der Waals surface area contributed by atoms with E-state index in [1.807, 2.05) is 72.8 Å². The van der Waals surface area contributed by atoms with E-state index in [-0.39, 0.29) is 0 Å². The molecule has 4 aromatic carbocycles. The zero-order valence-corrected chi connectivity index (χ0v) is 19.5. The van der Waals surface area contributed by atoms with E-state index >= 15 is 0 Å². The number of ether oxygens (including phenoxy) is 3. The van der Waals surface area contributed by atoms with Crippen LogP contribution < -0.4 is 14.2 Å². The summed E-state index contributed by atoms with van der Waals surface area (Å²) in [5.41, 5.74) is 4.50. The molecule has 3 nitrogen and oxygen atoms in total. The Kier molecular flexibility index (Phi) is 8.40. The SMILES string of the molecule is C/C(=C/CCOc1ccccc1)c1cc(OCc2ccccc2)cc(OCc2ccccc2)c1. The smallest absolute Gasteiger partial charge is 0.124 e. The fraction of sp³-hybridized carbons (Fsp3) is 0.161. The van der Waals surface area contributed by atoms with Gasteiger partial charge in [-0.1, -0.05) is 84.9 Å². The first-order valence-corrected chi connectivity index (χ1v) is 11.6. The van der Waals surface area contributed by atoms with Gasteiger partial charge in [0.25, 0.3) is 0 Å². The first kappa shape index (κ1) is 23.2. The summed E-state index contributed by atoms with van der Waals surface area (Å²) < 4.78 is 18.1. The lowest BCUT2D eigenvalue weighted by molar-refractivity contribution is 0.290. The van der Waals surface area contributed by atoms with Crippen LogP contribution in [0.25, 0.3) is 5.57 Å². The molecule has 0 unspecified atom stereocenters. The number of allylic oxidation sites excluding steroid dienone is 1. The van der Waals surface area contributed by atoms with Crippen molar-refractivity contribution in [1.29, 1.82) is 0 Å². The van der Waals surface area contributed by atoms with Gasteiger partial charge in [-0.2, -0.15) is 0 Å². The normalized spacial score (nSPS) is 11.1. The molecule has 0 radical (unpaired) electrons. The van der Waals surface area contributed by atoms with Gasteiger partial charge in [0, 0.05) is 12.5 Å². The first-order valence-electron chi connectivity index (χ1n) is 11.6. The van der Waals surface area contributed by atoms with Crippen LogP contribution >= 0.6 is 0 Å². The third kappa shape index (κ3) is 7.28. The molecule has 0 aliphatic rings. The Labute approximate surface area is 202 Å². The van der Waals surface area contributed by atoms with Gasteiger partial charge in [0.15, 0.2) is 0 Å². The Balaban J connectivity index is 1.45. The topological polar surface area (TPSA) is 27.7 Å². The van der Waals surface area contributed by atoms with Crippen LogP contribution in [0.2, 0.25) is 0 Å². The monoisotopic (exact) mass is 450 g/mol. The Morgan fingerprint density at radius 3 is 1.62 bits per heavy atom. The second kappa shape index (κ2) is 12.3. The van der Waals surface area contributed by atoms with Crippen molar-refractivity contribution < 1.29 is 14.2 Å². The molecule has 0 bridgehead atoms. The van der Waals surface area contributed by atoms with Crippen LogP contribution in [0.5, 0.6) is 17.2 Å². The van der Waals surface area contributed by atoms with Gasteiger partial charge >= 0.3 is 0 Å². The van der Waals surface area contributed by atoms with Gasteiger partial charge in [-0.05, 0) is 53.5 Å². The van der Waals surface area contributed by atoms with Crippen molar-refractivity contribution >= 4 is 5.57 Å². The predicted molar refractivity (Wildman–Crippen MR) is 138 cm³/mol. The standard InChI is InChI=1S/C31H30O3/c1-25(12-11-19-32-29-17-9-4-10-18-29)28-20-30(33-23-26-13-5-2-6-14-26)22-31(21-28)34-24-27-15-7-3-8-16-27/h2-10,12-18,20-22H,11,19,23-24H2,1H3/b25-12-. The average molecular weight is 451 g/mol. The lowest BCUT2D eigenvalue weighted by Crippen LogP contribution is -1.99. The van der Waals surface area contributed by atoms with Gasteiger partial charge in [0.05, 0.1) is 6.61 Å². The van der Waals surface area contributed by atoms with Crippen LogP contribution in [0, 0.1) is 0 Å². The van der Waals surface area contributed by atoms with E-state index in [2.05, 4.69) is 49.4 Å². The molecule has 0 heterocycles. The average Bonchev–Trinajstić information content (AvgIpc) is 2.90. The molecule has 0 saturated heterocycles. The highest BCUT2D eigenvalue weighted by Gasteiger charge is 2.07. The summed E-state index contributed by atoms with van der Waals surface area (Å²) in [7, 11) is 0. The van der Waals surface area contributed by atoms with Crippen LogP contribution in [0.15, 0.2) is 115 Å². The summed E-state index contributed by atoms with van der Waals surface area (Å²) in [4.78, 5) is 0. The van der Waals surface area contributed by atoms with Crippen LogP contribution in [-0.2, 0) is 13.2 Å². The molecule has 0 aliphatic heterocycles. The molecule has 172 valence electrons. The van der Waals surface area contributed by atoms with Crippen molar-refractivity contribution in [1.82, 2.24) is 0 Å². The van der Waals surface area contributed by atoms with Crippen molar-refractivity contribution in [3.05, 3.63) is 132 Å². The van der Waals surface area contributed by atoms with Crippen LogP contribution in [0.1, 0.15) is 30.0 Å². The van der Waals surface area contributed by atoms with Gasteiger partial charge in [0.2, 0.25) is 0 Å². The molecule has 0 aliphatic carbocycles. The number of benzene rings is 4. The molecule has 0 aromatic heterocycles. The van der Waals surface area contributed by atoms with Crippen molar-refractivity contribution in [2.75, 3.05) is 6.61 Å². The van der Waals surface area contributed by atoms with E-state index in [0.717, 1.165) is 45.9 Å². The summed E-state index contributed by atoms with van der Waals surface area (Å²) in [5.74, 6) is 2.47. The second-order valence-corrected chi connectivity index (χ2v) is 8.08. The molecule has 0 N–H and O–H groups in total. The van der Waals surface area contributed by atoms with Crippen molar-refractivity contribution in [2.24, 2.45) is 0 Å². The number of hydrogen-bond donors (Lipinski definition) is 0. The zero-order chi connectivity index (χ0) is 23.4. The van der Waals surface area contributed by atoms with Gasteiger partial charge in [-0.3, -0.25) is 0 Å². The highest BCUT2D eigenvalue weighted by molar-refractivity contribution is 5.66.